The fourth-order valence-corrected chi connectivity index (χ4v) is 2.49. The number of aryl methyl sites for hydroxylation is 1. The molecular formula is C12H12BrClN4O2. The first-order valence-electron chi connectivity index (χ1n) is 5.85. The molecule has 2 rings (SSSR count). The van der Waals surface area contributed by atoms with Gasteiger partial charge in [-0.1, -0.05) is 0 Å². The second-order valence-corrected chi connectivity index (χ2v) is 5.32. The van der Waals surface area contributed by atoms with Crippen LogP contribution in [0.4, 0.5) is 0 Å². The summed E-state index contributed by atoms with van der Waals surface area (Å²) in [6.07, 6.45) is 0. The average Bonchev–Trinajstić information content (AvgIpc) is 2.78. The molecule has 0 atom stereocenters. The van der Waals surface area contributed by atoms with Gasteiger partial charge in [-0.05, 0) is 63.9 Å². The summed E-state index contributed by atoms with van der Waals surface area (Å²) >= 11 is 8.93. The average molecular weight is 360 g/mol. The molecule has 1 aromatic carbocycles. The molecule has 0 amide bonds. The van der Waals surface area contributed by atoms with Gasteiger partial charge in [-0.3, -0.25) is 4.79 Å². The van der Waals surface area contributed by atoms with Gasteiger partial charge in [-0.15, -0.1) is 5.10 Å². The van der Waals surface area contributed by atoms with Crippen LogP contribution in [0.15, 0.2) is 16.6 Å². The van der Waals surface area contributed by atoms with Gasteiger partial charge in [-0.25, -0.2) is 4.68 Å². The van der Waals surface area contributed by atoms with Crippen molar-refractivity contribution in [2.45, 2.75) is 20.4 Å². The normalized spacial score (nSPS) is 10.6. The van der Waals surface area contributed by atoms with Crippen molar-refractivity contribution >= 4 is 32.8 Å². The molecule has 0 unspecified atom stereocenters. The second-order valence-electron chi connectivity index (χ2n) is 4.12. The zero-order valence-corrected chi connectivity index (χ0v) is 13.3. The lowest BCUT2D eigenvalue weighted by Gasteiger charge is -2.13. The molecule has 0 bridgehead atoms. The lowest BCUT2D eigenvalue weighted by molar-refractivity contribution is 0.108. The van der Waals surface area contributed by atoms with Crippen LogP contribution in [-0.4, -0.2) is 32.1 Å². The monoisotopic (exact) mass is 358 g/mol. The number of carbonyl (C=O) groups is 1. The molecule has 0 saturated carbocycles. The van der Waals surface area contributed by atoms with E-state index in [1.54, 1.807) is 23.7 Å². The van der Waals surface area contributed by atoms with Crippen LogP contribution in [0.3, 0.4) is 0 Å². The Bertz CT molecular complexity index is 644. The van der Waals surface area contributed by atoms with E-state index in [2.05, 4.69) is 31.5 Å². The summed E-state index contributed by atoms with van der Waals surface area (Å²) in [5.41, 5.74) is 1.14. The number of nitrogens with zero attached hydrogens (tertiary/aromatic N) is 4. The van der Waals surface area contributed by atoms with Crippen LogP contribution in [0.1, 0.15) is 21.7 Å². The SMILES string of the molecule is Cc1c(C(=O)Cl)ccc(Br)c1OCCn1nnnc1C. The van der Waals surface area contributed by atoms with Crippen molar-refractivity contribution in [1.29, 1.82) is 0 Å². The summed E-state index contributed by atoms with van der Waals surface area (Å²) in [5, 5.41) is 10.7. The highest BCUT2D eigenvalue weighted by atomic mass is 79.9. The highest BCUT2D eigenvalue weighted by Crippen LogP contribution is 2.31. The van der Waals surface area contributed by atoms with Crippen molar-refractivity contribution in [3.63, 3.8) is 0 Å². The topological polar surface area (TPSA) is 69.9 Å². The summed E-state index contributed by atoms with van der Waals surface area (Å²) in [5.74, 6) is 1.32. The number of carbonyl (C=O) groups excluding carboxylic acids is 1. The summed E-state index contributed by atoms with van der Waals surface area (Å²) in [4.78, 5) is 11.3. The predicted octanol–water partition coefficient (Wildman–Crippen LogP) is 2.51. The van der Waals surface area contributed by atoms with Crippen LogP contribution in [0.25, 0.3) is 0 Å². The number of tetrazole rings is 1. The number of benzene rings is 1. The molecule has 2 aromatic rings. The Kier molecular flexibility index (Phi) is 4.72. The second kappa shape index (κ2) is 6.32. The van der Waals surface area contributed by atoms with Crippen molar-refractivity contribution in [2.24, 2.45) is 0 Å². The van der Waals surface area contributed by atoms with Crippen molar-refractivity contribution in [3.8, 4) is 5.75 Å². The molecule has 1 heterocycles. The molecule has 6 nitrogen and oxygen atoms in total. The van der Waals surface area contributed by atoms with E-state index in [1.165, 1.54) is 0 Å². The molecule has 0 spiro atoms. The van der Waals surface area contributed by atoms with Gasteiger partial charge in [0.05, 0.1) is 11.0 Å². The first kappa shape index (κ1) is 14.9. The predicted molar refractivity (Wildman–Crippen MR) is 77.1 cm³/mol. The van der Waals surface area contributed by atoms with E-state index in [9.17, 15) is 4.79 Å². The lowest BCUT2D eigenvalue weighted by atomic mass is 10.1. The zero-order chi connectivity index (χ0) is 14.7. The summed E-state index contributed by atoms with van der Waals surface area (Å²) in [7, 11) is 0. The van der Waals surface area contributed by atoms with Gasteiger partial charge in [0.2, 0.25) is 0 Å². The van der Waals surface area contributed by atoms with Gasteiger partial charge in [0.15, 0.2) is 0 Å². The van der Waals surface area contributed by atoms with Gasteiger partial charge < -0.3 is 4.74 Å². The van der Waals surface area contributed by atoms with Crippen LogP contribution >= 0.6 is 27.5 Å². The van der Waals surface area contributed by atoms with Crippen molar-refractivity contribution < 1.29 is 9.53 Å². The minimum atomic E-state index is -0.504. The number of hydrogen-bond donors (Lipinski definition) is 0. The first-order chi connectivity index (χ1) is 9.50. The highest BCUT2D eigenvalue weighted by Gasteiger charge is 2.14. The quantitative estimate of drug-likeness (QED) is 0.767. The maximum absolute atomic E-state index is 11.3. The van der Waals surface area contributed by atoms with Crippen LogP contribution < -0.4 is 4.74 Å². The van der Waals surface area contributed by atoms with E-state index < -0.39 is 5.24 Å². The Balaban J connectivity index is 2.11. The van der Waals surface area contributed by atoms with Crippen LogP contribution in [0, 0.1) is 13.8 Å². The van der Waals surface area contributed by atoms with Crippen molar-refractivity contribution in [2.75, 3.05) is 6.61 Å². The number of ether oxygens (including phenoxy) is 1. The maximum Gasteiger partial charge on any atom is 0.252 e. The standard InChI is InChI=1S/C12H12BrClN4O2/c1-7-9(12(14)19)3-4-10(13)11(7)20-6-5-18-8(2)15-16-17-18/h3-4H,5-6H2,1-2H3. The van der Waals surface area contributed by atoms with Crippen molar-refractivity contribution in [1.82, 2.24) is 20.2 Å². The van der Waals surface area contributed by atoms with Crippen LogP contribution in [-0.2, 0) is 6.54 Å². The molecule has 106 valence electrons. The van der Waals surface area contributed by atoms with E-state index in [4.69, 9.17) is 16.3 Å². The maximum atomic E-state index is 11.3. The van der Waals surface area contributed by atoms with E-state index in [-0.39, 0.29) is 0 Å². The van der Waals surface area contributed by atoms with Crippen molar-refractivity contribution in [3.05, 3.63) is 33.6 Å². The third-order valence-corrected chi connectivity index (χ3v) is 3.66. The number of rotatable bonds is 5. The molecule has 0 aliphatic heterocycles. The molecular weight excluding hydrogens is 348 g/mol. The Labute approximate surface area is 129 Å². The number of halogens is 2. The van der Waals surface area contributed by atoms with Gasteiger partial charge in [0.1, 0.15) is 18.2 Å². The fourth-order valence-electron chi connectivity index (χ4n) is 1.74. The van der Waals surface area contributed by atoms with E-state index in [0.29, 0.717) is 35.9 Å². The van der Waals surface area contributed by atoms with Gasteiger partial charge in [0.25, 0.3) is 5.24 Å². The zero-order valence-electron chi connectivity index (χ0n) is 10.9. The summed E-state index contributed by atoms with van der Waals surface area (Å²) in [6.45, 7) is 4.50. The minimum Gasteiger partial charge on any atom is -0.490 e. The van der Waals surface area contributed by atoms with Gasteiger partial charge >= 0.3 is 0 Å². The van der Waals surface area contributed by atoms with Crippen LogP contribution in [0.2, 0.25) is 0 Å². The number of hydrogen-bond acceptors (Lipinski definition) is 5. The summed E-state index contributed by atoms with van der Waals surface area (Å²) < 4.78 is 8.12. The lowest BCUT2D eigenvalue weighted by Crippen LogP contribution is -2.12. The molecule has 0 aliphatic carbocycles. The molecule has 0 saturated heterocycles. The van der Waals surface area contributed by atoms with E-state index in [0.717, 1.165) is 4.47 Å². The number of aromatic nitrogens is 4. The molecule has 0 radical (unpaired) electrons. The Hall–Kier alpha value is -1.47. The third-order valence-electron chi connectivity index (χ3n) is 2.83. The smallest absolute Gasteiger partial charge is 0.252 e. The molecule has 0 aliphatic rings. The van der Waals surface area contributed by atoms with E-state index >= 15 is 0 Å². The molecule has 0 N–H and O–H groups in total. The summed E-state index contributed by atoms with van der Waals surface area (Å²) in [6, 6.07) is 3.40. The minimum absolute atomic E-state index is 0.380. The van der Waals surface area contributed by atoms with Crippen LogP contribution in [0.5, 0.6) is 5.75 Å². The van der Waals surface area contributed by atoms with Gasteiger partial charge in [0, 0.05) is 11.1 Å². The first-order valence-corrected chi connectivity index (χ1v) is 7.02. The fraction of sp³-hybridized carbons (Fsp3) is 0.333. The molecule has 20 heavy (non-hydrogen) atoms. The highest BCUT2D eigenvalue weighted by molar-refractivity contribution is 9.10. The molecule has 0 fully saturated rings. The van der Waals surface area contributed by atoms with E-state index in [1.807, 2.05) is 6.92 Å². The van der Waals surface area contributed by atoms with Gasteiger partial charge in [-0.2, -0.15) is 0 Å². The Morgan fingerprint density at radius 3 is 2.80 bits per heavy atom. The Morgan fingerprint density at radius 1 is 1.45 bits per heavy atom. The largest absolute Gasteiger partial charge is 0.490 e. The molecule has 1 aromatic heterocycles. The third kappa shape index (κ3) is 3.16. The molecule has 8 heteroatoms. The Morgan fingerprint density at radius 2 is 2.20 bits per heavy atom.